The van der Waals surface area contributed by atoms with Crippen LogP contribution in [0.15, 0.2) is 121 Å². The largest absolute Gasteiger partial charge is 0.500 e. The second kappa shape index (κ2) is 16.4. The smallest absolute Gasteiger partial charge is 0.442 e. The molecular formula is C34H43FO5Si3. The Kier molecular flexibility index (Phi) is 12.6. The lowest BCUT2D eigenvalue weighted by atomic mass is 10.4. The summed E-state index contributed by atoms with van der Waals surface area (Å²) in [4.78, 5) is 0. The van der Waals surface area contributed by atoms with Gasteiger partial charge in [0.15, 0.2) is 6.86 Å². The van der Waals surface area contributed by atoms with Crippen molar-refractivity contribution in [1.82, 2.24) is 0 Å². The lowest BCUT2D eigenvalue weighted by Crippen LogP contribution is -2.73. The fraction of sp³-hybridized carbons (Fsp3) is 0.294. The number of hydrogen-bond donors (Lipinski definition) is 0. The van der Waals surface area contributed by atoms with E-state index in [1.165, 1.54) is 20.7 Å². The van der Waals surface area contributed by atoms with E-state index in [9.17, 15) is 4.39 Å². The molecule has 4 aromatic rings. The maximum Gasteiger partial charge on any atom is 0.500 e. The van der Waals surface area contributed by atoms with Crippen molar-refractivity contribution in [3.05, 3.63) is 121 Å². The first-order valence-corrected chi connectivity index (χ1v) is 21.0. The molecule has 9 heteroatoms. The molecule has 4 rings (SSSR count). The molecule has 0 N–H and O–H groups in total. The van der Waals surface area contributed by atoms with Crippen LogP contribution in [-0.4, -0.2) is 60.2 Å². The Hall–Kier alpha value is -2.74. The summed E-state index contributed by atoms with van der Waals surface area (Å²) in [6.45, 7) is -0.452. The van der Waals surface area contributed by atoms with Gasteiger partial charge in [-0.2, -0.15) is 0 Å². The molecule has 43 heavy (non-hydrogen) atoms. The van der Waals surface area contributed by atoms with Crippen LogP contribution in [0.3, 0.4) is 0 Å². The molecule has 0 saturated heterocycles. The average Bonchev–Trinajstić information content (AvgIpc) is 3.09. The number of rotatable bonds is 18. The van der Waals surface area contributed by atoms with Gasteiger partial charge < -0.3 is 22.1 Å². The van der Waals surface area contributed by atoms with Crippen LogP contribution >= 0.6 is 0 Å². The van der Waals surface area contributed by atoms with Crippen LogP contribution in [0.25, 0.3) is 0 Å². The monoisotopic (exact) mass is 634 g/mol. The molecule has 228 valence electrons. The summed E-state index contributed by atoms with van der Waals surface area (Å²) >= 11 is 0. The molecule has 0 aliphatic heterocycles. The third kappa shape index (κ3) is 7.86. The molecule has 0 aliphatic rings. The maximum absolute atomic E-state index is 13.0. The van der Waals surface area contributed by atoms with Gasteiger partial charge in [-0.3, -0.25) is 0 Å². The molecule has 4 aromatic carbocycles. The molecular weight excluding hydrogens is 592 g/mol. The second-order valence-corrected chi connectivity index (χ2v) is 21.0. The SMILES string of the molecule is CO[Si](CCC[Si](O[Si](CCCOCF)(c1ccccc1)c1ccccc1)(c1ccccc1)c1ccccc1)(OC)OC. The van der Waals surface area contributed by atoms with Crippen LogP contribution in [0.1, 0.15) is 12.8 Å². The lowest BCUT2D eigenvalue weighted by molar-refractivity contribution is 0.0581. The Morgan fingerprint density at radius 3 is 1.16 bits per heavy atom. The Balaban J connectivity index is 1.94. The summed E-state index contributed by atoms with van der Waals surface area (Å²) in [6.07, 6.45) is 1.48. The van der Waals surface area contributed by atoms with Gasteiger partial charge in [0.1, 0.15) is 0 Å². The number of alkyl halides is 1. The van der Waals surface area contributed by atoms with E-state index in [-0.39, 0.29) is 0 Å². The van der Waals surface area contributed by atoms with E-state index in [0.717, 1.165) is 18.5 Å². The summed E-state index contributed by atoms with van der Waals surface area (Å²) in [6, 6.07) is 44.9. The number of ether oxygens (including phenoxy) is 1. The average molecular weight is 635 g/mol. The van der Waals surface area contributed by atoms with E-state index in [2.05, 4.69) is 109 Å². The predicted molar refractivity (Wildman–Crippen MR) is 179 cm³/mol. The zero-order chi connectivity index (χ0) is 30.4. The molecule has 0 aromatic heterocycles. The van der Waals surface area contributed by atoms with E-state index in [1.807, 2.05) is 12.1 Å². The van der Waals surface area contributed by atoms with Crippen LogP contribution in [-0.2, 0) is 22.1 Å². The fourth-order valence-corrected chi connectivity index (χ4v) is 19.2. The number of hydrogen-bond acceptors (Lipinski definition) is 5. The highest BCUT2D eigenvalue weighted by Crippen LogP contribution is 2.28. The number of benzene rings is 4. The minimum atomic E-state index is -2.95. The van der Waals surface area contributed by atoms with Crippen molar-refractivity contribution in [3.63, 3.8) is 0 Å². The Bertz CT molecular complexity index is 1240. The molecule has 0 aliphatic carbocycles. The van der Waals surface area contributed by atoms with E-state index in [0.29, 0.717) is 19.1 Å². The maximum atomic E-state index is 13.0. The van der Waals surface area contributed by atoms with Gasteiger partial charge in [-0.25, -0.2) is 4.39 Å². The van der Waals surface area contributed by atoms with Crippen molar-refractivity contribution in [3.8, 4) is 0 Å². The van der Waals surface area contributed by atoms with E-state index < -0.39 is 32.3 Å². The van der Waals surface area contributed by atoms with Gasteiger partial charge in [-0.1, -0.05) is 121 Å². The van der Waals surface area contributed by atoms with Gasteiger partial charge in [-0.05, 0) is 45.7 Å². The molecule has 0 unspecified atom stereocenters. The van der Waals surface area contributed by atoms with Crippen molar-refractivity contribution in [2.75, 3.05) is 34.8 Å². The minimum absolute atomic E-state index is 0.336. The summed E-state index contributed by atoms with van der Waals surface area (Å²) in [5.74, 6) is 0. The van der Waals surface area contributed by atoms with Crippen LogP contribution in [0.4, 0.5) is 4.39 Å². The van der Waals surface area contributed by atoms with Crippen molar-refractivity contribution >= 4 is 46.2 Å². The first kappa shape index (κ1) is 33.2. The zero-order valence-electron chi connectivity index (χ0n) is 25.4. The second-order valence-electron chi connectivity index (χ2n) is 10.5. The molecule has 0 bridgehead atoms. The van der Waals surface area contributed by atoms with Crippen LogP contribution in [0.2, 0.25) is 18.1 Å². The van der Waals surface area contributed by atoms with E-state index in [1.54, 1.807) is 21.3 Å². The van der Waals surface area contributed by atoms with Crippen molar-refractivity contribution < 1.29 is 26.5 Å². The first-order chi connectivity index (χ1) is 21.1. The topological polar surface area (TPSA) is 46.2 Å². The third-order valence-corrected chi connectivity index (χ3v) is 20.9. The molecule has 0 fully saturated rings. The lowest BCUT2D eigenvalue weighted by Gasteiger charge is -2.44. The summed E-state index contributed by atoms with van der Waals surface area (Å²) < 4.78 is 43.8. The molecule has 5 nitrogen and oxygen atoms in total. The van der Waals surface area contributed by atoms with Crippen LogP contribution in [0.5, 0.6) is 0 Å². The van der Waals surface area contributed by atoms with Gasteiger partial charge in [0.2, 0.25) is 16.6 Å². The van der Waals surface area contributed by atoms with Gasteiger partial charge in [-0.15, -0.1) is 0 Å². The molecule has 0 heterocycles. The Morgan fingerprint density at radius 1 is 0.488 bits per heavy atom. The van der Waals surface area contributed by atoms with Crippen molar-refractivity contribution in [2.45, 2.75) is 31.0 Å². The standard InChI is InChI=1S/C34H43FO5Si3/c1-36-43(37-2,38-3)29-17-28-42(33-22-12-6-13-23-33,34-24-14-7-15-25-34)40-41(27-16-26-39-30-35,31-18-8-4-9-19-31)32-20-10-5-11-21-32/h4-15,18-25H,16-17,26-30H2,1-3H3. The highest BCUT2D eigenvalue weighted by molar-refractivity contribution is 7.09. The Morgan fingerprint density at radius 2 is 0.837 bits per heavy atom. The van der Waals surface area contributed by atoms with Gasteiger partial charge >= 0.3 is 8.80 Å². The fourth-order valence-electron chi connectivity index (χ4n) is 5.96. The summed E-state index contributed by atoms with van der Waals surface area (Å²) in [5, 5.41) is 4.81. The minimum Gasteiger partial charge on any atom is -0.442 e. The molecule has 0 spiro atoms. The normalized spacial score (nSPS) is 12.4. The molecule has 0 atom stereocenters. The Labute approximate surface area is 259 Å². The quantitative estimate of drug-likeness (QED) is 0.112. The first-order valence-electron chi connectivity index (χ1n) is 14.8. The molecule has 0 amide bonds. The highest BCUT2D eigenvalue weighted by Gasteiger charge is 2.50. The third-order valence-electron chi connectivity index (χ3n) is 8.15. The van der Waals surface area contributed by atoms with E-state index >= 15 is 0 Å². The van der Waals surface area contributed by atoms with Crippen molar-refractivity contribution in [1.29, 1.82) is 0 Å². The number of halogens is 1. The van der Waals surface area contributed by atoms with Crippen molar-refractivity contribution in [2.24, 2.45) is 0 Å². The molecule has 0 radical (unpaired) electrons. The predicted octanol–water partition coefficient (Wildman–Crippen LogP) is 5.12. The van der Waals surface area contributed by atoms with Gasteiger partial charge in [0.05, 0.1) is 0 Å². The van der Waals surface area contributed by atoms with Gasteiger partial charge in [0, 0.05) is 34.0 Å². The van der Waals surface area contributed by atoms with Crippen LogP contribution in [0, 0.1) is 0 Å². The summed E-state index contributed by atoms with van der Waals surface area (Å²) in [7, 11) is -3.71. The van der Waals surface area contributed by atoms with Gasteiger partial charge in [0.25, 0.3) is 0 Å². The zero-order valence-corrected chi connectivity index (χ0v) is 28.4. The van der Waals surface area contributed by atoms with E-state index in [4.69, 9.17) is 22.1 Å². The summed E-state index contributed by atoms with van der Waals surface area (Å²) in [5.41, 5.74) is 0. The highest BCUT2D eigenvalue weighted by atomic mass is 28.4. The van der Waals surface area contributed by atoms with Crippen LogP contribution < -0.4 is 20.7 Å². The molecule has 0 saturated carbocycles.